The highest BCUT2D eigenvalue weighted by molar-refractivity contribution is 5.75. The Morgan fingerprint density at radius 2 is 2.05 bits per heavy atom. The molecule has 0 aliphatic carbocycles. The number of amides is 1. The van der Waals surface area contributed by atoms with Crippen LogP contribution in [0.25, 0.3) is 11.3 Å². The zero-order chi connectivity index (χ0) is 15.1. The lowest BCUT2D eigenvalue weighted by atomic mass is 10.1. The minimum atomic E-state index is -0.227. The highest BCUT2D eigenvalue weighted by Crippen LogP contribution is 2.13. The molecule has 0 bridgehead atoms. The van der Waals surface area contributed by atoms with Crippen LogP contribution in [0, 0.1) is 0 Å². The van der Waals surface area contributed by atoms with Gasteiger partial charge in [0.25, 0.3) is 5.56 Å². The number of benzene rings is 1. The van der Waals surface area contributed by atoms with Crippen molar-refractivity contribution in [1.82, 2.24) is 14.9 Å². The first-order chi connectivity index (χ1) is 10.2. The Morgan fingerprint density at radius 1 is 1.29 bits per heavy atom. The summed E-state index contributed by atoms with van der Waals surface area (Å²) >= 11 is 0. The Bertz CT molecular complexity index is 650. The normalized spacial score (nSPS) is 10.3. The number of hydrogen-bond acceptors (Lipinski definition) is 3. The van der Waals surface area contributed by atoms with Crippen LogP contribution >= 0.6 is 0 Å². The summed E-state index contributed by atoms with van der Waals surface area (Å²) in [4.78, 5) is 28.0. The van der Waals surface area contributed by atoms with Crippen molar-refractivity contribution >= 4 is 5.91 Å². The van der Waals surface area contributed by atoms with Crippen LogP contribution in [0.2, 0.25) is 0 Å². The van der Waals surface area contributed by atoms with Gasteiger partial charge in [0.1, 0.15) is 6.54 Å². The zero-order valence-electron chi connectivity index (χ0n) is 12.1. The molecule has 0 atom stereocenters. The first-order valence-corrected chi connectivity index (χ1v) is 7.09. The Morgan fingerprint density at radius 3 is 2.71 bits per heavy atom. The summed E-state index contributed by atoms with van der Waals surface area (Å²) in [5, 5.41) is 2.78. The second-order valence-corrected chi connectivity index (χ2v) is 4.81. The average molecular weight is 285 g/mol. The molecule has 2 rings (SSSR count). The Hall–Kier alpha value is -2.43. The highest BCUT2D eigenvalue weighted by atomic mass is 16.2. The molecule has 1 aromatic heterocycles. The number of aromatic nitrogens is 2. The molecule has 0 radical (unpaired) electrons. The van der Waals surface area contributed by atoms with E-state index < -0.39 is 0 Å². The van der Waals surface area contributed by atoms with Crippen molar-refractivity contribution in [1.29, 1.82) is 0 Å². The summed E-state index contributed by atoms with van der Waals surface area (Å²) < 4.78 is 1.31. The number of unbranched alkanes of at least 4 members (excludes halogenated alkanes) is 1. The van der Waals surface area contributed by atoms with E-state index in [1.165, 1.54) is 17.0 Å². The number of carbonyl (C=O) groups excluding carboxylic acids is 1. The fraction of sp³-hybridized carbons (Fsp3) is 0.312. The predicted molar refractivity (Wildman–Crippen MR) is 81.9 cm³/mol. The van der Waals surface area contributed by atoms with E-state index in [1.807, 2.05) is 30.3 Å². The van der Waals surface area contributed by atoms with Gasteiger partial charge in [0.15, 0.2) is 0 Å². The third-order valence-corrected chi connectivity index (χ3v) is 3.12. The second kappa shape index (κ2) is 7.38. The van der Waals surface area contributed by atoms with Gasteiger partial charge in [-0.1, -0.05) is 43.7 Å². The van der Waals surface area contributed by atoms with Gasteiger partial charge in [-0.15, -0.1) is 0 Å². The first-order valence-electron chi connectivity index (χ1n) is 7.09. The number of nitrogens with one attached hydrogen (secondary N) is 1. The first kappa shape index (κ1) is 15.0. The molecule has 0 fully saturated rings. The molecule has 0 saturated carbocycles. The SMILES string of the molecule is CCCCNC(=O)Cn1cnc(-c2ccccc2)cc1=O. The van der Waals surface area contributed by atoms with Crippen LogP contribution < -0.4 is 10.9 Å². The maximum absolute atomic E-state index is 12.0. The monoisotopic (exact) mass is 285 g/mol. The molecule has 5 nitrogen and oxygen atoms in total. The smallest absolute Gasteiger partial charge is 0.254 e. The fourth-order valence-corrected chi connectivity index (χ4v) is 1.93. The minimum Gasteiger partial charge on any atom is -0.355 e. The number of hydrogen-bond donors (Lipinski definition) is 1. The maximum atomic E-state index is 12.0. The number of carbonyl (C=O) groups is 1. The van der Waals surface area contributed by atoms with Gasteiger partial charge in [-0.25, -0.2) is 4.98 Å². The van der Waals surface area contributed by atoms with Gasteiger partial charge in [0.05, 0.1) is 12.0 Å². The van der Waals surface area contributed by atoms with Crippen LogP contribution in [0.4, 0.5) is 0 Å². The summed E-state index contributed by atoms with van der Waals surface area (Å²) in [7, 11) is 0. The molecule has 1 amide bonds. The molecule has 0 spiro atoms. The van der Waals surface area contributed by atoms with Crippen molar-refractivity contribution in [3.63, 3.8) is 0 Å². The Kier molecular flexibility index (Phi) is 5.26. The van der Waals surface area contributed by atoms with Gasteiger partial charge in [0, 0.05) is 18.2 Å². The summed E-state index contributed by atoms with van der Waals surface area (Å²) in [5.41, 5.74) is 1.27. The van der Waals surface area contributed by atoms with E-state index in [0.29, 0.717) is 12.2 Å². The quantitative estimate of drug-likeness (QED) is 0.823. The lowest BCUT2D eigenvalue weighted by Gasteiger charge is -2.07. The molecule has 110 valence electrons. The van der Waals surface area contributed by atoms with Crippen LogP contribution in [0.5, 0.6) is 0 Å². The van der Waals surface area contributed by atoms with Crippen molar-refractivity contribution in [2.24, 2.45) is 0 Å². The van der Waals surface area contributed by atoms with Gasteiger partial charge in [0.2, 0.25) is 5.91 Å². The van der Waals surface area contributed by atoms with Crippen LogP contribution in [0.15, 0.2) is 47.5 Å². The van der Waals surface area contributed by atoms with Crippen molar-refractivity contribution in [3.8, 4) is 11.3 Å². The lowest BCUT2D eigenvalue weighted by Crippen LogP contribution is -2.32. The topological polar surface area (TPSA) is 64.0 Å². The van der Waals surface area contributed by atoms with Gasteiger partial charge >= 0.3 is 0 Å². The van der Waals surface area contributed by atoms with Gasteiger partial charge < -0.3 is 5.32 Å². The molecule has 0 aliphatic heterocycles. The molecule has 0 aliphatic rings. The Labute approximate surface area is 123 Å². The summed E-state index contributed by atoms with van der Waals surface area (Å²) in [6.45, 7) is 2.70. The summed E-state index contributed by atoms with van der Waals surface area (Å²) in [6, 6.07) is 10.9. The molecule has 2 aromatic rings. The molecule has 1 N–H and O–H groups in total. The fourth-order valence-electron chi connectivity index (χ4n) is 1.93. The van der Waals surface area contributed by atoms with Gasteiger partial charge in [-0.05, 0) is 6.42 Å². The number of rotatable bonds is 6. The molecular weight excluding hydrogens is 266 g/mol. The van der Waals surface area contributed by atoms with Crippen LogP contribution in [0.3, 0.4) is 0 Å². The molecular formula is C16H19N3O2. The standard InChI is InChI=1S/C16H19N3O2/c1-2-3-9-17-15(20)11-19-12-18-14(10-16(19)21)13-7-5-4-6-8-13/h4-8,10,12H,2-3,9,11H2,1H3,(H,17,20). The molecule has 1 heterocycles. The molecule has 0 unspecified atom stereocenters. The van der Waals surface area contributed by atoms with Crippen LogP contribution in [-0.2, 0) is 11.3 Å². The number of nitrogens with zero attached hydrogens (tertiary/aromatic N) is 2. The second-order valence-electron chi connectivity index (χ2n) is 4.81. The van der Waals surface area contributed by atoms with Crippen molar-refractivity contribution in [3.05, 3.63) is 53.1 Å². The molecule has 0 saturated heterocycles. The van der Waals surface area contributed by atoms with E-state index in [9.17, 15) is 9.59 Å². The molecule has 5 heteroatoms. The summed E-state index contributed by atoms with van der Waals surface area (Å²) in [6.07, 6.45) is 3.38. The third-order valence-electron chi connectivity index (χ3n) is 3.12. The molecule has 1 aromatic carbocycles. The van der Waals surface area contributed by atoms with E-state index in [2.05, 4.69) is 17.2 Å². The van der Waals surface area contributed by atoms with Crippen LogP contribution in [0.1, 0.15) is 19.8 Å². The largest absolute Gasteiger partial charge is 0.355 e. The van der Waals surface area contributed by atoms with E-state index in [-0.39, 0.29) is 18.0 Å². The van der Waals surface area contributed by atoms with Crippen molar-refractivity contribution in [2.45, 2.75) is 26.3 Å². The van der Waals surface area contributed by atoms with Crippen LogP contribution in [-0.4, -0.2) is 22.0 Å². The lowest BCUT2D eigenvalue weighted by molar-refractivity contribution is -0.121. The zero-order valence-corrected chi connectivity index (χ0v) is 12.1. The Balaban J connectivity index is 2.06. The van der Waals surface area contributed by atoms with E-state index in [4.69, 9.17) is 0 Å². The average Bonchev–Trinajstić information content (AvgIpc) is 2.50. The van der Waals surface area contributed by atoms with Gasteiger partial charge in [-0.3, -0.25) is 14.2 Å². The van der Waals surface area contributed by atoms with E-state index in [1.54, 1.807) is 0 Å². The highest BCUT2D eigenvalue weighted by Gasteiger charge is 2.06. The van der Waals surface area contributed by atoms with Crippen molar-refractivity contribution in [2.75, 3.05) is 6.54 Å². The minimum absolute atomic E-state index is 0.00458. The van der Waals surface area contributed by atoms with Gasteiger partial charge in [-0.2, -0.15) is 0 Å². The van der Waals surface area contributed by atoms with E-state index in [0.717, 1.165) is 18.4 Å². The predicted octanol–water partition coefficient (Wildman–Crippen LogP) is 1.83. The third kappa shape index (κ3) is 4.27. The molecule has 21 heavy (non-hydrogen) atoms. The van der Waals surface area contributed by atoms with Crippen molar-refractivity contribution < 1.29 is 4.79 Å². The summed E-state index contributed by atoms with van der Waals surface area (Å²) in [5.74, 6) is -0.167. The maximum Gasteiger partial charge on any atom is 0.254 e. The van der Waals surface area contributed by atoms with E-state index >= 15 is 0 Å².